The van der Waals surface area contributed by atoms with E-state index in [0.717, 1.165) is 16.9 Å². The third kappa shape index (κ3) is 4.20. The molecule has 4 rings (SSSR count). The molecule has 2 amide bonds. The van der Waals surface area contributed by atoms with Gasteiger partial charge in [-0.15, -0.1) is 0 Å². The molecular weight excluding hydrogens is 380 g/mol. The zero-order chi connectivity index (χ0) is 21.1. The molecule has 30 heavy (non-hydrogen) atoms. The molecule has 0 spiro atoms. The van der Waals surface area contributed by atoms with E-state index >= 15 is 0 Å². The first-order valence-corrected chi connectivity index (χ1v) is 9.93. The molecule has 0 unspecified atom stereocenters. The van der Waals surface area contributed by atoms with Crippen LogP contribution in [0.15, 0.2) is 59.3 Å². The average molecular weight is 404 g/mol. The maximum Gasteiger partial charge on any atom is 0.289 e. The molecule has 7 heteroatoms. The number of piperazine rings is 1. The van der Waals surface area contributed by atoms with E-state index in [1.54, 1.807) is 23.2 Å². The highest BCUT2D eigenvalue weighted by atomic mass is 16.3. The molecule has 1 aliphatic heterocycles. The van der Waals surface area contributed by atoms with Crippen molar-refractivity contribution in [2.24, 2.45) is 0 Å². The van der Waals surface area contributed by atoms with Gasteiger partial charge < -0.3 is 19.5 Å². The van der Waals surface area contributed by atoms with Gasteiger partial charge in [0.05, 0.1) is 18.1 Å². The van der Waals surface area contributed by atoms with Gasteiger partial charge in [-0.2, -0.15) is 0 Å². The lowest BCUT2D eigenvalue weighted by Crippen LogP contribution is -2.49. The van der Waals surface area contributed by atoms with Crippen LogP contribution in [-0.4, -0.2) is 47.9 Å². The number of pyridine rings is 1. The Balaban J connectivity index is 1.34. The van der Waals surface area contributed by atoms with Crippen molar-refractivity contribution in [3.05, 3.63) is 77.4 Å². The highest BCUT2D eigenvalue weighted by molar-refractivity contribution is 6.04. The number of carbonyl (C=O) groups excluding carboxylic acids is 2. The van der Waals surface area contributed by atoms with Crippen molar-refractivity contribution in [2.45, 2.75) is 13.8 Å². The van der Waals surface area contributed by atoms with Gasteiger partial charge in [0, 0.05) is 31.7 Å². The van der Waals surface area contributed by atoms with Crippen LogP contribution in [0.1, 0.15) is 32.0 Å². The fourth-order valence-corrected chi connectivity index (χ4v) is 3.43. The van der Waals surface area contributed by atoms with Crippen LogP contribution >= 0.6 is 0 Å². The van der Waals surface area contributed by atoms with Crippen LogP contribution in [0.4, 0.5) is 11.5 Å². The summed E-state index contributed by atoms with van der Waals surface area (Å²) in [5.74, 6) is 0.949. The number of nitrogens with zero attached hydrogens (tertiary/aromatic N) is 3. The molecule has 2 aromatic heterocycles. The Labute approximate surface area is 175 Å². The predicted octanol–water partition coefficient (Wildman–Crippen LogP) is 3.51. The number of furan rings is 1. The first-order chi connectivity index (χ1) is 14.5. The summed E-state index contributed by atoms with van der Waals surface area (Å²) >= 11 is 0. The van der Waals surface area contributed by atoms with E-state index in [0.29, 0.717) is 43.2 Å². The van der Waals surface area contributed by atoms with E-state index in [-0.39, 0.29) is 11.8 Å². The van der Waals surface area contributed by atoms with Crippen molar-refractivity contribution in [1.82, 2.24) is 9.88 Å². The predicted molar refractivity (Wildman–Crippen MR) is 115 cm³/mol. The van der Waals surface area contributed by atoms with Gasteiger partial charge in [-0.1, -0.05) is 6.07 Å². The SMILES string of the molecule is Cc1ccc(C(=O)Nc2ccc(N3CCN(C(=O)c4ccco4)CC3)nc2)cc1C. The van der Waals surface area contributed by atoms with Gasteiger partial charge in [0.1, 0.15) is 5.82 Å². The molecule has 0 saturated carbocycles. The first-order valence-electron chi connectivity index (χ1n) is 9.93. The van der Waals surface area contributed by atoms with Crippen molar-refractivity contribution in [1.29, 1.82) is 0 Å². The van der Waals surface area contributed by atoms with Gasteiger partial charge in [-0.25, -0.2) is 4.98 Å². The average Bonchev–Trinajstić information content (AvgIpc) is 3.31. The maximum absolute atomic E-state index is 12.5. The largest absolute Gasteiger partial charge is 0.459 e. The van der Waals surface area contributed by atoms with E-state index in [1.165, 1.54) is 6.26 Å². The van der Waals surface area contributed by atoms with Crippen molar-refractivity contribution >= 4 is 23.3 Å². The van der Waals surface area contributed by atoms with Crippen LogP contribution in [0.25, 0.3) is 0 Å². The second kappa shape index (κ2) is 8.41. The summed E-state index contributed by atoms with van der Waals surface area (Å²) in [6.07, 6.45) is 3.17. The number of benzene rings is 1. The van der Waals surface area contributed by atoms with Crippen LogP contribution in [0, 0.1) is 13.8 Å². The van der Waals surface area contributed by atoms with E-state index in [4.69, 9.17) is 4.42 Å². The lowest BCUT2D eigenvalue weighted by atomic mass is 10.1. The normalized spacial score (nSPS) is 13.9. The van der Waals surface area contributed by atoms with E-state index < -0.39 is 0 Å². The summed E-state index contributed by atoms with van der Waals surface area (Å²) < 4.78 is 5.20. The lowest BCUT2D eigenvalue weighted by molar-refractivity contribution is 0.0714. The lowest BCUT2D eigenvalue weighted by Gasteiger charge is -2.35. The van der Waals surface area contributed by atoms with E-state index in [9.17, 15) is 9.59 Å². The summed E-state index contributed by atoms with van der Waals surface area (Å²) in [5.41, 5.74) is 3.51. The molecule has 1 saturated heterocycles. The molecule has 154 valence electrons. The maximum atomic E-state index is 12.5. The van der Waals surface area contributed by atoms with Crippen LogP contribution in [0.2, 0.25) is 0 Å². The Bertz CT molecular complexity index is 1040. The van der Waals surface area contributed by atoms with Gasteiger partial charge in [-0.3, -0.25) is 9.59 Å². The number of amides is 2. The molecule has 7 nitrogen and oxygen atoms in total. The minimum absolute atomic E-state index is 0.0861. The van der Waals surface area contributed by atoms with Crippen LogP contribution in [0.3, 0.4) is 0 Å². The first kappa shape index (κ1) is 19.7. The van der Waals surface area contributed by atoms with Crippen molar-refractivity contribution in [3.63, 3.8) is 0 Å². The molecule has 0 atom stereocenters. The molecule has 3 aromatic rings. The standard InChI is InChI=1S/C23H24N4O3/c1-16-5-6-18(14-17(16)2)22(28)25-19-7-8-21(24-15-19)26-9-11-27(12-10-26)23(29)20-4-3-13-30-20/h3-8,13-15H,9-12H2,1-2H3,(H,25,28). The Morgan fingerprint density at radius 3 is 2.43 bits per heavy atom. The minimum Gasteiger partial charge on any atom is -0.459 e. The zero-order valence-corrected chi connectivity index (χ0v) is 17.1. The monoisotopic (exact) mass is 404 g/mol. The minimum atomic E-state index is -0.155. The summed E-state index contributed by atoms with van der Waals surface area (Å²) in [5, 5.41) is 2.89. The molecule has 1 aliphatic rings. The van der Waals surface area contributed by atoms with Gasteiger partial charge in [-0.05, 0) is 61.4 Å². The zero-order valence-electron chi connectivity index (χ0n) is 17.1. The van der Waals surface area contributed by atoms with Crippen LogP contribution < -0.4 is 10.2 Å². The second-order valence-corrected chi connectivity index (χ2v) is 7.41. The van der Waals surface area contributed by atoms with Crippen LogP contribution in [-0.2, 0) is 0 Å². The molecule has 0 radical (unpaired) electrons. The van der Waals surface area contributed by atoms with Gasteiger partial charge in [0.15, 0.2) is 5.76 Å². The highest BCUT2D eigenvalue weighted by Crippen LogP contribution is 2.18. The number of aryl methyl sites for hydroxylation is 2. The number of anilines is 2. The Kier molecular flexibility index (Phi) is 5.52. The third-order valence-electron chi connectivity index (χ3n) is 5.40. The molecule has 3 heterocycles. The highest BCUT2D eigenvalue weighted by Gasteiger charge is 2.24. The summed E-state index contributed by atoms with van der Waals surface area (Å²) in [4.78, 5) is 33.2. The Morgan fingerprint density at radius 1 is 1.00 bits per heavy atom. The molecule has 0 aliphatic carbocycles. The summed E-state index contributed by atoms with van der Waals surface area (Å²) in [7, 11) is 0. The summed E-state index contributed by atoms with van der Waals surface area (Å²) in [6, 6.07) is 12.8. The van der Waals surface area contributed by atoms with E-state index in [2.05, 4.69) is 15.2 Å². The fourth-order valence-electron chi connectivity index (χ4n) is 3.43. The number of hydrogen-bond donors (Lipinski definition) is 1. The van der Waals surface area contributed by atoms with Crippen molar-refractivity contribution < 1.29 is 14.0 Å². The van der Waals surface area contributed by atoms with Crippen molar-refractivity contribution in [2.75, 3.05) is 36.4 Å². The number of rotatable bonds is 4. The van der Waals surface area contributed by atoms with Gasteiger partial charge >= 0.3 is 0 Å². The smallest absolute Gasteiger partial charge is 0.289 e. The fraction of sp³-hybridized carbons (Fsp3) is 0.261. The van der Waals surface area contributed by atoms with E-state index in [1.807, 2.05) is 44.2 Å². The molecule has 0 bridgehead atoms. The molecule has 1 aromatic carbocycles. The quantitative estimate of drug-likeness (QED) is 0.720. The number of hydrogen-bond acceptors (Lipinski definition) is 5. The van der Waals surface area contributed by atoms with Crippen LogP contribution in [0.5, 0.6) is 0 Å². The topological polar surface area (TPSA) is 78.7 Å². The van der Waals surface area contributed by atoms with Gasteiger partial charge in [0.2, 0.25) is 0 Å². The molecular formula is C23H24N4O3. The third-order valence-corrected chi connectivity index (χ3v) is 5.40. The number of carbonyl (C=O) groups is 2. The Hall–Kier alpha value is -3.61. The molecule has 1 fully saturated rings. The van der Waals surface area contributed by atoms with Crippen molar-refractivity contribution in [3.8, 4) is 0 Å². The Morgan fingerprint density at radius 2 is 1.80 bits per heavy atom. The number of nitrogens with one attached hydrogen (secondary N) is 1. The second-order valence-electron chi connectivity index (χ2n) is 7.41. The van der Waals surface area contributed by atoms with Gasteiger partial charge in [0.25, 0.3) is 11.8 Å². The molecule has 1 N–H and O–H groups in total. The number of aromatic nitrogens is 1. The summed E-state index contributed by atoms with van der Waals surface area (Å²) in [6.45, 7) is 6.59.